The van der Waals surface area contributed by atoms with Gasteiger partial charge in [0.25, 0.3) is 11.8 Å². The first-order chi connectivity index (χ1) is 17.9. The molecule has 4 N–H and O–H groups in total. The molecule has 0 aliphatic heterocycles. The molecule has 3 aromatic rings. The molecule has 2 unspecified atom stereocenters. The second-order valence-electron chi connectivity index (χ2n) is 9.64. The molecule has 2 atom stereocenters. The molecule has 2 amide bonds. The maximum absolute atomic E-state index is 13.3. The van der Waals surface area contributed by atoms with Crippen molar-refractivity contribution in [2.24, 2.45) is 17.6 Å². The Hall–Kier alpha value is -2.87. The van der Waals surface area contributed by atoms with Gasteiger partial charge in [0.1, 0.15) is 0 Å². The summed E-state index contributed by atoms with van der Waals surface area (Å²) in [7, 11) is 0. The van der Waals surface area contributed by atoms with Gasteiger partial charge in [0.15, 0.2) is 0 Å². The lowest BCUT2D eigenvalue weighted by atomic mass is 9.81. The fraction of sp³-hybridized carbons (Fsp3) is 0.393. The van der Waals surface area contributed by atoms with Crippen LogP contribution in [0.25, 0.3) is 5.69 Å². The number of aromatic nitrogens is 2. The standard InChI is InChI=1S/C28H33Cl2N5O2/c1-2-4-26-23(17-33-35(26)22-10-8-21(29)9-11-22)28(37)34-25-14-20(7-12-24(25)30)27(36)32-16-19-6-3-5-18(13-19)15-31/h7-12,14,17-19H,2-6,13,15-16,31H2,1H3,(H,32,36)(H,34,37). The molecule has 37 heavy (non-hydrogen) atoms. The molecule has 196 valence electrons. The van der Waals surface area contributed by atoms with E-state index >= 15 is 0 Å². The monoisotopic (exact) mass is 541 g/mol. The summed E-state index contributed by atoms with van der Waals surface area (Å²) in [5, 5.41) is 11.3. The van der Waals surface area contributed by atoms with Gasteiger partial charge in [0.05, 0.1) is 33.9 Å². The van der Waals surface area contributed by atoms with Crippen LogP contribution in [0.4, 0.5) is 5.69 Å². The number of rotatable bonds is 9. The Morgan fingerprint density at radius 1 is 1.08 bits per heavy atom. The molecule has 4 rings (SSSR count). The molecule has 7 nitrogen and oxygen atoms in total. The second kappa shape index (κ2) is 12.6. The lowest BCUT2D eigenvalue weighted by Crippen LogP contribution is -2.33. The van der Waals surface area contributed by atoms with Crippen molar-refractivity contribution in [3.8, 4) is 5.69 Å². The van der Waals surface area contributed by atoms with Crippen LogP contribution in [0.15, 0.2) is 48.7 Å². The molecular weight excluding hydrogens is 509 g/mol. The maximum atomic E-state index is 13.3. The predicted molar refractivity (Wildman–Crippen MR) is 149 cm³/mol. The zero-order valence-corrected chi connectivity index (χ0v) is 22.5. The lowest BCUT2D eigenvalue weighted by molar-refractivity contribution is 0.0939. The van der Waals surface area contributed by atoms with E-state index in [1.807, 2.05) is 19.1 Å². The zero-order chi connectivity index (χ0) is 26.4. The SMILES string of the molecule is CCCc1c(C(=O)Nc2cc(C(=O)NCC3CCCC(CN)C3)ccc2Cl)cnn1-c1ccc(Cl)cc1. The first kappa shape index (κ1) is 27.2. The van der Waals surface area contributed by atoms with Crippen LogP contribution in [0.3, 0.4) is 0 Å². The maximum Gasteiger partial charge on any atom is 0.259 e. The van der Waals surface area contributed by atoms with Crippen molar-refractivity contribution < 1.29 is 9.59 Å². The van der Waals surface area contributed by atoms with Gasteiger partial charge >= 0.3 is 0 Å². The molecule has 1 heterocycles. The number of nitrogens with two attached hydrogens (primary N) is 1. The van der Waals surface area contributed by atoms with Gasteiger partial charge in [-0.05, 0) is 86.5 Å². The van der Waals surface area contributed by atoms with Gasteiger partial charge in [-0.25, -0.2) is 4.68 Å². The molecule has 0 saturated heterocycles. The van der Waals surface area contributed by atoms with Crippen molar-refractivity contribution in [1.82, 2.24) is 15.1 Å². The zero-order valence-electron chi connectivity index (χ0n) is 21.0. The van der Waals surface area contributed by atoms with E-state index in [9.17, 15) is 9.59 Å². The Morgan fingerprint density at radius 3 is 2.57 bits per heavy atom. The third-order valence-electron chi connectivity index (χ3n) is 6.92. The van der Waals surface area contributed by atoms with Crippen molar-refractivity contribution in [2.45, 2.75) is 45.4 Å². The molecule has 9 heteroatoms. The van der Waals surface area contributed by atoms with Crippen molar-refractivity contribution in [3.63, 3.8) is 0 Å². The molecule has 1 aliphatic rings. The van der Waals surface area contributed by atoms with Gasteiger partial charge in [-0.2, -0.15) is 5.10 Å². The molecule has 1 aromatic heterocycles. The van der Waals surface area contributed by atoms with E-state index in [0.717, 1.165) is 37.1 Å². The minimum absolute atomic E-state index is 0.190. The molecule has 1 aliphatic carbocycles. The highest BCUT2D eigenvalue weighted by Crippen LogP contribution is 2.28. The summed E-state index contributed by atoms with van der Waals surface area (Å²) in [6, 6.07) is 12.2. The second-order valence-corrected chi connectivity index (χ2v) is 10.5. The highest BCUT2D eigenvalue weighted by molar-refractivity contribution is 6.34. The van der Waals surface area contributed by atoms with Gasteiger partial charge < -0.3 is 16.4 Å². The number of hydrogen-bond acceptors (Lipinski definition) is 4. The van der Waals surface area contributed by atoms with Crippen molar-refractivity contribution in [1.29, 1.82) is 0 Å². The summed E-state index contributed by atoms with van der Waals surface area (Å²) in [4.78, 5) is 26.1. The van der Waals surface area contributed by atoms with E-state index in [1.165, 1.54) is 6.42 Å². The number of anilines is 1. The lowest BCUT2D eigenvalue weighted by Gasteiger charge is -2.28. The van der Waals surface area contributed by atoms with Crippen LogP contribution in [0, 0.1) is 11.8 Å². The van der Waals surface area contributed by atoms with Gasteiger partial charge in [-0.1, -0.05) is 43.0 Å². The minimum Gasteiger partial charge on any atom is -0.352 e. The smallest absolute Gasteiger partial charge is 0.259 e. The normalized spacial score (nSPS) is 17.4. The number of amides is 2. The van der Waals surface area contributed by atoms with E-state index in [-0.39, 0.29) is 11.8 Å². The van der Waals surface area contributed by atoms with Gasteiger partial charge in [-0.3, -0.25) is 9.59 Å². The summed E-state index contributed by atoms with van der Waals surface area (Å²) in [5.74, 6) is 0.448. The first-order valence-corrected chi connectivity index (χ1v) is 13.6. The molecular formula is C28H33Cl2N5O2. The summed E-state index contributed by atoms with van der Waals surface area (Å²) in [6.45, 7) is 3.36. The highest BCUT2D eigenvalue weighted by atomic mass is 35.5. The van der Waals surface area contributed by atoms with E-state index in [0.29, 0.717) is 58.2 Å². The van der Waals surface area contributed by atoms with Crippen LogP contribution < -0.4 is 16.4 Å². The summed E-state index contributed by atoms with van der Waals surface area (Å²) < 4.78 is 1.75. The number of carbonyl (C=O) groups excluding carboxylic acids is 2. The Kier molecular flexibility index (Phi) is 9.24. The number of halogens is 2. The minimum atomic E-state index is -0.335. The van der Waals surface area contributed by atoms with Gasteiger partial charge in [-0.15, -0.1) is 0 Å². The van der Waals surface area contributed by atoms with E-state index < -0.39 is 0 Å². The summed E-state index contributed by atoms with van der Waals surface area (Å²) in [5.41, 5.74) is 8.72. The largest absolute Gasteiger partial charge is 0.352 e. The topological polar surface area (TPSA) is 102 Å². The van der Waals surface area contributed by atoms with E-state index in [1.54, 1.807) is 41.2 Å². The fourth-order valence-electron chi connectivity index (χ4n) is 4.94. The molecule has 1 fully saturated rings. The van der Waals surface area contributed by atoms with Crippen LogP contribution >= 0.6 is 23.2 Å². The third kappa shape index (κ3) is 6.72. The average molecular weight is 543 g/mol. The third-order valence-corrected chi connectivity index (χ3v) is 7.51. The Morgan fingerprint density at radius 2 is 1.84 bits per heavy atom. The summed E-state index contributed by atoms with van der Waals surface area (Å²) in [6.07, 6.45) is 7.51. The van der Waals surface area contributed by atoms with Crippen LogP contribution in [-0.4, -0.2) is 34.7 Å². The average Bonchev–Trinajstić information content (AvgIpc) is 3.33. The van der Waals surface area contributed by atoms with Crippen molar-refractivity contribution >= 4 is 40.7 Å². The number of carbonyl (C=O) groups is 2. The Labute approximate surface area is 227 Å². The number of hydrogen-bond donors (Lipinski definition) is 3. The van der Waals surface area contributed by atoms with Crippen LogP contribution in [0.2, 0.25) is 10.0 Å². The number of nitrogens with one attached hydrogen (secondary N) is 2. The van der Waals surface area contributed by atoms with E-state index in [2.05, 4.69) is 15.7 Å². The molecule has 1 saturated carbocycles. The molecule has 0 bridgehead atoms. The van der Waals surface area contributed by atoms with Crippen molar-refractivity contribution in [2.75, 3.05) is 18.4 Å². The fourth-order valence-corrected chi connectivity index (χ4v) is 5.23. The van der Waals surface area contributed by atoms with Gasteiger partial charge in [0, 0.05) is 17.1 Å². The molecule has 0 spiro atoms. The quantitative estimate of drug-likeness (QED) is 0.314. The first-order valence-electron chi connectivity index (χ1n) is 12.8. The van der Waals surface area contributed by atoms with Crippen LogP contribution in [0.5, 0.6) is 0 Å². The number of nitrogens with zero attached hydrogens (tertiary/aromatic N) is 2. The number of benzene rings is 2. The Bertz CT molecular complexity index is 1240. The van der Waals surface area contributed by atoms with Gasteiger partial charge in [0.2, 0.25) is 0 Å². The van der Waals surface area contributed by atoms with Crippen LogP contribution in [-0.2, 0) is 6.42 Å². The van der Waals surface area contributed by atoms with E-state index in [4.69, 9.17) is 28.9 Å². The highest BCUT2D eigenvalue weighted by Gasteiger charge is 2.22. The van der Waals surface area contributed by atoms with Crippen molar-refractivity contribution in [3.05, 3.63) is 75.5 Å². The predicted octanol–water partition coefficient (Wildman–Crippen LogP) is 5.88. The van der Waals surface area contributed by atoms with Crippen LogP contribution in [0.1, 0.15) is 65.4 Å². The molecule has 0 radical (unpaired) electrons. The summed E-state index contributed by atoms with van der Waals surface area (Å²) >= 11 is 12.4. The molecule has 2 aromatic carbocycles. The Balaban J connectivity index is 1.47.